The fourth-order valence-corrected chi connectivity index (χ4v) is 2.77. The summed E-state index contributed by atoms with van der Waals surface area (Å²) >= 11 is 12.4. The molecule has 0 aliphatic carbocycles. The highest BCUT2D eigenvalue weighted by molar-refractivity contribution is 6.31. The van der Waals surface area contributed by atoms with E-state index in [1.807, 2.05) is 30.3 Å². The normalized spacial score (nSPS) is 10.7. The van der Waals surface area contributed by atoms with Gasteiger partial charge in [0.2, 0.25) is 0 Å². The number of anilines is 1. The molecule has 0 radical (unpaired) electrons. The van der Waals surface area contributed by atoms with Crippen LogP contribution in [0.2, 0.25) is 10.0 Å². The molecule has 0 aliphatic heterocycles. The van der Waals surface area contributed by atoms with E-state index < -0.39 is 0 Å². The van der Waals surface area contributed by atoms with E-state index in [9.17, 15) is 0 Å². The maximum atomic E-state index is 6.35. The summed E-state index contributed by atoms with van der Waals surface area (Å²) in [6.45, 7) is 4.57. The summed E-state index contributed by atoms with van der Waals surface area (Å²) in [6.07, 6.45) is 0. The number of halogens is 2. The third-order valence-electron chi connectivity index (χ3n) is 3.37. The molecule has 0 saturated carbocycles. The van der Waals surface area contributed by atoms with Crippen LogP contribution < -0.4 is 10.2 Å². The van der Waals surface area contributed by atoms with E-state index in [-0.39, 0.29) is 0 Å². The summed E-state index contributed by atoms with van der Waals surface area (Å²) in [5.74, 6) is 0. The van der Waals surface area contributed by atoms with Gasteiger partial charge in [-0.3, -0.25) is 0 Å². The first kappa shape index (κ1) is 16.2. The maximum Gasteiger partial charge on any atom is 0.0471 e. The summed E-state index contributed by atoms with van der Waals surface area (Å²) in [5.41, 5.74) is 3.45. The predicted molar refractivity (Wildman–Crippen MR) is 92.4 cm³/mol. The Bertz CT molecular complexity index is 599. The third kappa shape index (κ3) is 4.37. The number of benzene rings is 2. The van der Waals surface area contributed by atoms with Crippen LogP contribution in [0.3, 0.4) is 0 Å². The molecule has 0 amide bonds. The molecule has 0 fully saturated rings. The largest absolute Gasteiger partial charge is 0.370 e. The summed E-state index contributed by atoms with van der Waals surface area (Å²) in [6, 6.07) is 14.0. The second kappa shape index (κ2) is 7.69. The van der Waals surface area contributed by atoms with Gasteiger partial charge in [0, 0.05) is 41.4 Å². The quantitative estimate of drug-likeness (QED) is 0.826. The second-order valence-corrected chi connectivity index (χ2v) is 5.85. The smallest absolute Gasteiger partial charge is 0.0471 e. The van der Waals surface area contributed by atoms with Gasteiger partial charge in [-0.2, -0.15) is 0 Å². The number of hydrogen-bond donors (Lipinski definition) is 1. The van der Waals surface area contributed by atoms with Gasteiger partial charge in [-0.25, -0.2) is 0 Å². The molecule has 0 spiro atoms. The molecule has 2 aromatic carbocycles. The van der Waals surface area contributed by atoms with Gasteiger partial charge in [0.1, 0.15) is 0 Å². The Hall–Kier alpha value is -1.22. The SMILES string of the molecule is CCNCc1c(Cl)cccc1N(C)Cc1cccc(Cl)c1. The highest BCUT2D eigenvalue weighted by atomic mass is 35.5. The Morgan fingerprint density at radius 2 is 1.86 bits per heavy atom. The Morgan fingerprint density at radius 1 is 1.10 bits per heavy atom. The van der Waals surface area contributed by atoms with Crippen molar-refractivity contribution in [2.24, 2.45) is 0 Å². The summed E-state index contributed by atoms with van der Waals surface area (Å²) < 4.78 is 0. The minimum atomic E-state index is 0.764. The first-order valence-corrected chi connectivity index (χ1v) is 7.81. The van der Waals surface area contributed by atoms with Gasteiger partial charge in [-0.15, -0.1) is 0 Å². The van der Waals surface area contributed by atoms with E-state index >= 15 is 0 Å². The van der Waals surface area contributed by atoms with E-state index in [1.54, 1.807) is 0 Å². The third-order valence-corrected chi connectivity index (χ3v) is 3.96. The van der Waals surface area contributed by atoms with Crippen LogP contribution in [0.5, 0.6) is 0 Å². The van der Waals surface area contributed by atoms with Crippen molar-refractivity contribution in [1.29, 1.82) is 0 Å². The molecule has 0 aliphatic rings. The van der Waals surface area contributed by atoms with Crippen LogP contribution in [-0.2, 0) is 13.1 Å². The summed E-state index contributed by atoms with van der Waals surface area (Å²) in [4.78, 5) is 2.20. The second-order valence-electron chi connectivity index (χ2n) is 5.00. The topological polar surface area (TPSA) is 15.3 Å². The fraction of sp³-hybridized carbons (Fsp3) is 0.294. The zero-order chi connectivity index (χ0) is 15.2. The van der Waals surface area contributed by atoms with Gasteiger partial charge in [0.25, 0.3) is 0 Å². The molecule has 2 rings (SSSR count). The Morgan fingerprint density at radius 3 is 2.57 bits per heavy atom. The van der Waals surface area contributed by atoms with Crippen molar-refractivity contribution >= 4 is 28.9 Å². The molecule has 0 aromatic heterocycles. The van der Waals surface area contributed by atoms with E-state index in [0.717, 1.165) is 40.9 Å². The average Bonchev–Trinajstić information content (AvgIpc) is 2.45. The lowest BCUT2D eigenvalue weighted by Gasteiger charge is -2.23. The van der Waals surface area contributed by atoms with Crippen molar-refractivity contribution in [1.82, 2.24) is 5.32 Å². The molecule has 2 aromatic rings. The molecule has 21 heavy (non-hydrogen) atoms. The Kier molecular flexibility index (Phi) is 5.92. The summed E-state index contributed by atoms with van der Waals surface area (Å²) in [7, 11) is 2.07. The monoisotopic (exact) mass is 322 g/mol. The zero-order valence-corrected chi connectivity index (χ0v) is 13.9. The van der Waals surface area contributed by atoms with Gasteiger partial charge >= 0.3 is 0 Å². The van der Waals surface area contributed by atoms with Gasteiger partial charge in [-0.1, -0.05) is 48.3 Å². The standard InChI is InChI=1S/C17H20Cl2N2/c1-3-20-11-15-16(19)8-5-9-17(15)21(2)12-13-6-4-7-14(18)10-13/h4-10,20H,3,11-12H2,1-2H3. The van der Waals surface area contributed by atoms with Crippen LogP contribution in [0.25, 0.3) is 0 Å². The van der Waals surface area contributed by atoms with Crippen LogP contribution >= 0.6 is 23.2 Å². The lowest BCUT2D eigenvalue weighted by molar-refractivity contribution is 0.723. The van der Waals surface area contributed by atoms with Gasteiger partial charge < -0.3 is 10.2 Å². The molecular formula is C17H20Cl2N2. The van der Waals surface area contributed by atoms with E-state index in [4.69, 9.17) is 23.2 Å². The first-order chi connectivity index (χ1) is 10.1. The average molecular weight is 323 g/mol. The van der Waals surface area contributed by atoms with Crippen molar-refractivity contribution in [2.75, 3.05) is 18.5 Å². The number of rotatable bonds is 6. The lowest BCUT2D eigenvalue weighted by Crippen LogP contribution is -2.21. The number of nitrogens with one attached hydrogen (secondary N) is 1. The van der Waals surface area contributed by atoms with Gasteiger partial charge in [-0.05, 0) is 36.4 Å². The van der Waals surface area contributed by atoms with Crippen LogP contribution in [0.15, 0.2) is 42.5 Å². The van der Waals surface area contributed by atoms with Crippen molar-refractivity contribution in [3.63, 3.8) is 0 Å². The molecule has 1 N–H and O–H groups in total. The minimum Gasteiger partial charge on any atom is -0.370 e. The van der Waals surface area contributed by atoms with E-state index in [2.05, 4.69) is 36.3 Å². The number of nitrogens with zero attached hydrogens (tertiary/aromatic N) is 1. The molecule has 0 atom stereocenters. The van der Waals surface area contributed by atoms with Crippen LogP contribution in [-0.4, -0.2) is 13.6 Å². The first-order valence-electron chi connectivity index (χ1n) is 7.05. The van der Waals surface area contributed by atoms with Crippen molar-refractivity contribution < 1.29 is 0 Å². The lowest BCUT2D eigenvalue weighted by atomic mass is 10.1. The highest BCUT2D eigenvalue weighted by Crippen LogP contribution is 2.28. The molecule has 0 saturated heterocycles. The summed E-state index contributed by atoms with van der Waals surface area (Å²) in [5, 5.41) is 4.90. The predicted octanol–water partition coefficient (Wildman–Crippen LogP) is 4.74. The molecule has 2 nitrogen and oxygen atoms in total. The van der Waals surface area contributed by atoms with Gasteiger partial charge in [0.15, 0.2) is 0 Å². The van der Waals surface area contributed by atoms with E-state index in [0.29, 0.717) is 0 Å². The molecule has 0 bridgehead atoms. The van der Waals surface area contributed by atoms with Crippen molar-refractivity contribution in [3.05, 3.63) is 63.6 Å². The molecule has 0 heterocycles. The Labute approximate surface area is 136 Å². The molecule has 112 valence electrons. The maximum absolute atomic E-state index is 6.35. The van der Waals surface area contributed by atoms with Gasteiger partial charge in [0.05, 0.1) is 0 Å². The van der Waals surface area contributed by atoms with E-state index in [1.165, 1.54) is 5.56 Å². The van der Waals surface area contributed by atoms with Crippen LogP contribution in [0.4, 0.5) is 5.69 Å². The molecular weight excluding hydrogens is 303 g/mol. The van der Waals surface area contributed by atoms with Crippen LogP contribution in [0.1, 0.15) is 18.1 Å². The van der Waals surface area contributed by atoms with Crippen LogP contribution in [0, 0.1) is 0 Å². The zero-order valence-electron chi connectivity index (χ0n) is 12.4. The molecule has 4 heteroatoms. The molecule has 0 unspecified atom stereocenters. The fourth-order valence-electron chi connectivity index (χ4n) is 2.32. The minimum absolute atomic E-state index is 0.764. The van der Waals surface area contributed by atoms with Crippen molar-refractivity contribution in [3.8, 4) is 0 Å². The Balaban J connectivity index is 2.22. The number of hydrogen-bond acceptors (Lipinski definition) is 2. The highest BCUT2D eigenvalue weighted by Gasteiger charge is 2.11. The van der Waals surface area contributed by atoms with Crippen molar-refractivity contribution in [2.45, 2.75) is 20.0 Å².